The van der Waals surface area contributed by atoms with Gasteiger partial charge in [0, 0.05) is 0 Å². The first-order chi connectivity index (χ1) is 13.5. The van der Waals surface area contributed by atoms with Crippen LogP contribution in [0.25, 0.3) is 11.2 Å². The summed E-state index contributed by atoms with van der Waals surface area (Å²) in [6.07, 6.45) is -2.99. The predicted octanol–water partition coefficient (Wildman–Crippen LogP) is 0.193. The number of anilines is 1. The normalized spacial score (nSPS) is 24.5. The second-order valence-electron chi connectivity index (χ2n) is 6.49. The number of imidazole rings is 1. The number of aliphatic hydroxyl groups excluding tert-OH is 2. The molecule has 4 atom stereocenters. The van der Waals surface area contributed by atoms with E-state index >= 15 is 0 Å². The lowest BCUT2D eigenvalue weighted by molar-refractivity contribution is -0.0565. The van der Waals surface area contributed by atoms with Crippen molar-refractivity contribution >= 4 is 23.0 Å². The Kier molecular flexibility index (Phi) is 4.67. The summed E-state index contributed by atoms with van der Waals surface area (Å²) in [6.45, 7) is 1.46. The van der Waals surface area contributed by atoms with Gasteiger partial charge in [0.25, 0.3) is 0 Å². The molecule has 2 aromatic heterocycles. The number of nitrogen functional groups attached to an aromatic ring is 1. The van der Waals surface area contributed by atoms with Gasteiger partial charge in [0.2, 0.25) is 0 Å². The minimum Gasteiger partial charge on any atom is -0.459 e. The van der Waals surface area contributed by atoms with Crippen LogP contribution in [0.4, 0.5) is 5.82 Å². The van der Waals surface area contributed by atoms with E-state index in [9.17, 15) is 15.0 Å². The first-order valence-electron chi connectivity index (χ1n) is 8.66. The first kappa shape index (κ1) is 18.3. The second-order valence-corrected chi connectivity index (χ2v) is 6.49. The van der Waals surface area contributed by atoms with Gasteiger partial charge >= 0.3 is 5.97 Å². The molecule has 0 saturated carbocycles. The quantitative estimate of drug-likeness (QED) is 0.536. The molecule has 10 nitrogen and oxygen atoms in total. The zero-order chi connectivity index (χ0) is 19.8. The van der Waals surface area contributed by atoms with Gasteiger partial charge in [-0.1, -0.05) is 18.2 Å². The van der Waals surface area contributed by atoms with Crippen molar-refractivity contribution in [1.82, 2.24) is 19.5 Å². The Bertz CT molecular complexity index is 1010. The molecule has 3 heterocycles. The standard InChI is InChI=1S/C18H19N5O5/c1-9-21-15(19)12-16(22-9)23(8-20-12)17-14(25)13(24)11(28-17)7-27-18(26)10-5-3-2-4-6-10/h2-6,8,11,13-14,17,24-25H,7H2,1H3,(H2,19,21,22)/t11-,13-,14-,17-/m1/s1. The van der Waals surface area contributed by atoms with E-state index in [4.69, 9.17) is 15.2 Å². The van der Waals surface area contributed by atoms with Gasteiger partial charge in [0.15, 0.2) is 17.7 Å². The summed E-state index contributed by atoms with van der Waals surface area (Å²) in [7, 11) is 0. The smallest absolute Gasteiger partial charge is 0.338 e. The number of fused-ring (bicyclic) bond motifs is 1. The number of aryl methyl sites for hydroxylation is 1. The van der Waals surface area contributed by atoms with Gasteiger partial charge in [-0.05, 0) is 19.1 Å². The molecule has 1 aliphatic rings. The summed E-state index contributed by atoms with van der Waals surface area (Å²) in [5, 5.41) is 20.8. The molecule has 1 saturated heterocycles. The molecule has 1 fully saturated rings. The predicted molar refractivity (Wildman–Crippen MR) is 97.1 cm³/mol. The number of aliphatic hydroxyl groups is 2. The maximum absolute atomic E-state index is 12.1. The molecule has 10 heteroatoms. The molecular formula is C18H19N5O5. The highest BCUT2D eigenvalue weighted by molar-refractivity contribution is 5.89. The molecular weight excluding hydrogens is 366 g/mol. The van der Waals surface area contributed by atoms with Gasteiger partial charge in [0.05, 0.1) is 11.9 Å². The summed E-state index contributed by atoms with van der Waals surface area (Å²) in [4.78, 5) is 24.6. The van der Waals surface area contributed by atoms with E-state index in [1.54, 1.807) is 37.3 Å². The van der Waals surface area contributed by atoms with E-state index < -0.39 is 30.5 Å². The van der Waals surface area contributed by atoms with E-state index in [1.807, 2.05) is 0 Å². The fourth-order valence-corrected chi connectivity index (χ4v) is 3.15. The van der Waals surface area contributed by atoms with Crippen LogP contribution in [-0.2, 0) is 9.47 Å². The van der Waals surface area contributed by atoms with E-state index in [0.29, 0.717) is 22.6 Å². The molecule has 1 aliphatic heterocycles. The average molecular weight is 385 g/mol. The lowest BCUT2D eigenvalue weighted by Crippen LogP contribution is -2.34. The Labute approximate surface area is 159 Å². The van der Waals surface area contributed by atoms with Crippen molar-refractivity contribution in [2.45, 2.75) is 31.5 Å². The molecule has 4 N–H and O–H groups in total. The molecule has 1 aromatic carbocycles. The molecule has 3 aromatic rings. The number of aromatic nitrogens is 4. The number of hydrogen-bond acceptors (Lipinski definition) is 9. The van der Waals surface area contributed by atoms with Gasteiger partial charge in [-0.15, -0.1) is 0 Å². The maximum Gasteiger partial charge on any atom is 0.338 e. The van der Waals surface area contributed by atoms with Gasteiger partial charge < -0.3 is 25.4 Å². The van der Waals surface area contributed by atoms with Crippen LogP contribution in [0.5, 0.6) is 0 Å². The molecule has 0 amide bonds. The number of rotatable bonds is 4. The van der Waals surface area contributed by atoms with Crippen LogP contribution < -0.4 is 5.73 Å². The first-order valence-corrected chi connectivity index (χ1v) is 8.66. The Morgan fingerprint density at radius 3 is 2.75 bits per heavy atom. The number of benzene rings is 1. The lowest BCUT2D eigenvalue weighted by Gasteiger charge is -2.16. The van der Waals surface area contributed by atoms with Crippen LogP contribution in [0.2, 0.25) is 0 Å². The van der Waals surface area contributed by atoms with Crippen molar-refractivity contribution in [2.24, 2.45) is 0 Å². The third-order valence-corrected chi connectivity index (χ3v) is 4.56. The lowest BCUT2D eigenvalue weighted by atomic mass is 10.1. The molecule has 146 valence electrons. The summed E-state index contributed by atoms with van der Waals surface area (Å²) in [5.41, 5.74) is 6.99. The van der Waals surface area contributed by atoms with Gasteiger partial charge in [-0.2, -0.15) is 0 Å². The average Bonchev–Trinajstić information content (AvgIpc) is 3.22. The van der Waals surface area contributed by atoms with Gasteiger partial charge in [0.1, 0.15) is 36.3 Å². The topological polar surface area (TPSA) is 146 Å². The Morgan fingerprint density at radius 2 is 2.00 bits per heavy atom. The van der Waals surface area contributed by atoms with Crippen molar-refractivity contribution in [2.75, 3.05) is 12.3 Å². The van der Waals surface area contributed by atoms with Crippen LogP contribution in [0.3, 0.4) is 0 Å². The molecule has 0 unspecified atom stereocenters. The molecule has 28 heavy (non-hydrogen) atoms. The van der Waals surface area contributed by atoms with Crippen LogP contribution in [0.1, 0.15) is 22.4 Å². The Hall–Kier alpha value is -3.08. The van der Waals surface area contributed by atoms with Crippen molar-refractivity contribution in [1.29, 1.82) is 0 Å². The van der Waals surface area contributed by atoms with Crippen LogP contribution in [-0.4, -0.2) is 60.6 Å². The zero-order valence-electron chi connectivity index (χ0n) is 15.0. The number of nitrogens with two attached hydrogens (primary N) is 1. The van der Waals surface area contributed by atoms with Crippen molar-refractivity contribution in [3.8, 4) is 0 Å². The number of ether oxygens (including phenoxy) is 2. The zero-order valence-corrected chi connectivity index (χ0v) is 15.0. The highest BCUT2D eigenvalue weighted by atomic mass is 16.6. The third-order valence-electron chi connectivity index (χ3n) is 4.56. The molecule has 4 rings (SSSR count). The monoisotopic (exact) mass is 385 g/mol. The van der Waals surface area contributed by atoms with E-state index in [-0.39, 0.29) is 12.4 Å². The Balaban J connectivity index is 1.51. The summed E-state index contributed by atoms with van der Waals surface area (Å²) in [6, 6.07) is 8.47. The largest absolute Gasteiger partial charge is 0.459 e. The minimum atomic E-state index is -1.27. The summed E-state index contributed by atoms with van der Waals surface area (Å²) >= 11 is 0. The van der Waals surface area contributed by atoms with Crippen LogP contribution in [0.15, 0.2) is 36.7 Å². The SMILES string of the molecule is Cc1nc(N)c2ncn([C@@H]3O[C@H](COC(=O)c4ccccc4)[C@@H](O)[C@H]3O)c2n1. The van der Waals surface area contributed by atoms with Gasteiger partial charge in [-0.3, -0.25) is 4.57 Å². The van der Waals surface area contributed by atoms with E-state index in [0.717, 1.165) is 0 Å². The van der Waals surface area contributed by atoms with Crippen LogP contribution >= 0.6 is 0 Å². The molecule has 0 bridgehead atoms. The molecule has 0 radical (unpaired) electrons. The summed E-state index contributed by atoms with van der Waals surface area (Å²) in [5.74, 6) is 0.106. The highest BCUT2D eigenvalue weighted by Gasteiger charge is 2.45. The number of nitrogens with zero attached hydrogens (tertiary/aromatic N) is 4. The number of hydrogen-bond donors (Lipinski definition) is 3. The number of esters is 1. The highest BCUT2D eigenvalue weighted by Crippen LogP contribution is 2.32. The van der Waals surface area contributed by atoms with Crippen molar-refractivity contribution < 1.29 is 24.5 Å². The van der Waals surface area contributed by atoms with E-state index in [1.165, 1.54) is 10.9 Å². The second kappa shape index (κ2) is 7.15. The molecule has 0 aliphatic carbocycles. The summed E-state index contributed by atoms with van der Waals surface area (Å²) < 4.78 is 12.4. The molecule has 0 spiro atoms. The fraction of sp³-hybridized carbons (Fsp3) is 0.333. The number of carbonyl (C=O) groups is 1. The third kappa shape index (κ3) is 3.17. The van der Waals surface area contributed by atoms with Crippen molar-refractivity contribution in [3.05, 3.63) is 48.0 Å². The maximum atomic E-state index is 12.1. The van der Waals surface area contributed by atoms with E-state index in [2.05, 4.69) is 15.0 Å². The number of carbonyl (C=O) groups excluding carboxylic acids is 1. The fourth-order valence-electron chi connectivity index (χ4n) is 3.15. The van der Waals surface area contributed by atoms with Crippen molar-refractivity contribution in [3.63, 3.8) is 0 Å². The minimum absolute atomic E-state index is 0.211. The Morgan fingerprint density at radius 1 is 1.25 bits per heavy atom. The van der Waals surface area contributed by atoms with Crippen LogP contribution in [0, 0.1) is 6.92 Å². The van der Waals surface area contributed by atoms with Gasteiger partial charge in [-0.25, -0.2) is 19.7 Å².